The van der Waals surface area contributed by atoms with Gasteiger partial charge in [0.1, 0.15) is 0 Å². The van der Waals surface area contributed by atoms with Gasteiger partial charge in [-0.1, -0.05) is 6.07 Å². The first-order valence-electron chi connectivity index (χ1n) is 9.44. The van der Waals surface area contributed by atoms with Crippen molar-refractivity contribution in [3.05, 3.63) is 23.3 Å². The largest absolute Gasteiger partial charge is 0.493 e. The minimum atomic E-state index is -0.375. The summed E-state index contributed by atoms with van der Waals surface area (Å²) in [5.74, 6) is 2.83. The Morgan fingerprint density at radius 1 is 1.42 bits per heavy atom. The first-order valence-corrected chi connectivity index (χ1v) is 10.5. The Kier molecular flexibility index (Phi) is 3.82. The van der Waals surface area contributed by atoms with Gasteiger partial charge in [-0.2, -0.15) is 11.8 Å². The molecule has 1 N–H and O–H groups in total. The molecular formula is C20H25NO4S. The number of methoxy groups -OCH3 is 1. The number of likely N-dealkylation sites (tertiary alicyclic amines) is 1. The monoisotopic (exact) mass is 375 g/mol. The molecule has 2 bridgehead atoms. The second-order valence-electron chi connectivity index (χ2n) is 8.00. The maximum atomic E-state index is 13.1. The zero-order valence-corrected chi connectivity index (χ0v) is 16.1. The Labute approximate surface area is 158 Å². The van der Waals surface area contributed by atoms with Crippen molar-refractivity contribution in [2.45, 2.75) is 42.1 Å². The Bertz CT molecular complexity index is 768. The van der Waals surface area contributed by atoms with Crippen molar-refractivity contribution < 1.29 is 19.4 Å². The average molecular weight is 375 g/mol. The summed E-state index contributed by atoms with van der Waals surface area (Å²) in [4.78, 5) is 15.6. The normalized spacial score (nSPS) is 37.3. The third-order valence-electron chi connectivity index (χ3n) is 7.00. The van der Waals surface area contributed by atoms with Crippen molar-refractivity contribution in [1.29, 1.82) is 0 Å². The lowest BCUT2D eigenvalue weighted by Crippen LogP contribution is -2.68. The van der Waals surface area contributed by atoms with Crippen molar-refractivity contribution in [1.82, 2.24) is 4.90 Å². The fraction of sp³-hybridized carbons (Fsp3) is 0.650. The number of aliphatic hydroxyl groups excluding tert-OH is 1. The lowest BCUT2D eigenvalue weighted by atomic mass is 9.51. The number of hydrogen-bond acceptors (Lipinski definition) is 6. The van der Waals surface area contributed by atoms with Crippen LogP contribution in [-0.2, 0) is 16.6 Å². The van der Waals surface area contributed by atoms with Crippen LogP contribution in [0.5, 0.6) is 11.5 Å². The highest BCUT2D eigenvalue weighted by Gasteiger charge is 2.68. The third kappa shape index (κ3) is 1.98. The summed E-state index contributed by atoms with van der Waals surface area (Å²) in [6.45, 7) is 1.15. The number of piperidine rings is 1. The van der Waals surface area contributed by atoms with Crippen LogP contribution in [0.15, 0.2) is 12.1 Å². The van der Waals surface area contributed by atoms with Crippen LogP contribution in [0.1, 0.15) is 24.0 Å². The van der Waals surface area contributed by atoms with E-state index in [1.165, 1.54) is 11.1 Å². The molecule has 3 unspecified atom stereocenters. The fourth-order valence-corrected chi connectivity index (χ4v) is 7.39. The quantitative estimate of drug-likeness (QED) is 0.863. The van der Waals surface area contributed by atoms with Crippen LogP contribution in [0, 0.1) is 5.92 Å². The van der Waals surface area contributed by atoms with Crippen molar-refractivity contribution in [3.8, 4) is 11.5 Å². The number of benzene rings is 1. The number of likely N-dealkylation sites (N-methyl/N-ethyl adjacent to an activating group) is 1. The maximum absolute atomic E-state index is 13.1. The first-order chi connectivity index (χ1) is 12.6. The van der Waals surface area contributed by atoms with E-state index in [0.717, 1.165) is 30.9 Å². The molecule has 5 rings (SSSR count). The number of hydrogen-bond donors (Lipinski definition) is 1. The van der Waals surface area contributed by atoms with Crippen molar-refractivity contribution >= 4 is 17.5 Å². The number of thioether (sulfide) groups is 1. The van der Waals surface area contributed by atoms with Gasteiger partial charge < -0.3 is 19.5 Å². The van der Waals surface area contributed by atoms with E-state index in [2.05, 4.69) is 18.0 Å². The molecule has 5 atom stereocenters. The van der Waals surface area contributed by atoms with Crippen LogP contribution in [-0.4, -0.2) is 66.2 Å². The van der Waals surface area contributed by atoms with Gasteiger partial charge in [0.2, 0.25) is 0 Å². The van der Waals surface area contributed by atoms with E-state index in [-0.39, 0.29) is 29.2 Å². The van der Waals surface area contributed by atoms with Crippen LogP contribution in [0.2, 0.25) is 0 Å². The molecule has 2 aliphatic carbocycles. The van der Waals surface area contributed by atoms with Gasteiger partial charge in [0.25, 0.3) is 0 Å². The van der Waals surface area contributed by atoms with E-state index >= 15 is 0 Å². The zero-order chi connectivity index (χ0) is 18.1. The molecule has 0 radical (unpaired) electrons. The molecule has 2 aliphatic heterocycles. The number of carbonyl (C=O) groups is 1. The SMILES string of the molecule is COc1ccc2c3c1O[C@H]1C(=O)C[C@H](SCCO)C4C(C2)N(C)CCC341. The summed E-state index contributed by atoms with van der Waals surface area (Å²) in [6.07, 6.45) is 2.11. The Morgan fingerprint density at radius 3 is 3.04 bits per heavy atom. The predicted molar refractivity (Wildman–Crippen MR) is 100 cm³/mol. The zero-order valence-electron chi connectivity index (χ0n) is 15.2. The van der Waals surface area contributed by atoms with Crippen molar-refractivity contribution in [2.24, 2.45) is 5.92 Å². The Balaban J connectivity index is 1.72. The van der Waals surface area contributed by atoms with Gasteiger partial charge in [-0.05, 0) is 38.1 Å². The van der Waals surface area contributed by atoms with E-state index in [4.69, 9.17) is 9.47 Å². The number of carbonyl (C=O) groups excluding carboxylic acids is 1. The Hall–Kier alpha value is -1.24. The molecule has 4 aliphatic rings. The fourth-order valence-electron chi connectivity index (χ4n) is 6.07. The molecule has 1 aromatic carbocycles. The van der Waals surface area contributed by atoms with E-state index in [1.54, 1.807) is 18.9 Å². The van der Waals surface area contributed by atoms with E-state index in [0.29, 0.717) is 24.1 Å². The van der Waals surface area contributed by atoms with Gasteiger partial charge in [-0.3, -0.25) is 4.79 Å². The summed E-state index contributed by atoms with van der Waals surface area (Å²) < 4.78 is 11.9. The molecule has 2 fully saturated rings. The number of Topliss-reactive ketones (excluding diaryl/α,β-unsaturated/α-hetero) is 1. The van der Waals surface area contributed by atoms with Gasteiger partial charge >= 0.3 is 0 Å². The molecule has 140 valence electrons. The number of ketones is 1. The van der Waals surface area contributed by atoms with Crippen LogP contribution in [0.25, 0.3) is 0 Å². The molecule has 1 saturated carbocycles. The van der Waals surface area contributed by atoms with Crippen LogP contribution in [0.4, 0.5) is 0 Å². The van der Waals surface area contributed by atoms with Crippen LogP contribution in [0.3, 0.4) is 0 Å². The summed E-state index contributed by atoms with van der Waals surface area (Å²) in [6, 6.07) is 4.58. The minimum Gasteiger partial charge on any atom is -0.493 e. The van der Waals surface area contributed by atoms with Crippen LogP contribution >= 0.6 is 11.8 Å². The molecule has 6 heteroatoms. The number of nitrogens with zero attached hydrogens (tertiary/aromatic N) is 1. The second kappa shape index (κ2) is 5.88. The summed E-state index contributed by atoms with van der Waals surface area (Å²) in [7, 11) is 3.88. The van der Waals surface area contributed by atoms with E-state index in [1.807, 2.05) is 6.07 Å². The second-order valence-corrected chi connectivity index (χ2v) is 9.35. The van der Waals surface area contributed by atoms with Gasteiger partial charge in [-0.25, -0.2) is 0 Å². The first kappa shape index (κ1) is 16.9. The standard InChI is InChI=1S/C20H25NO4S/c1-21-6-5-20-16-11-3-4-14(24-2)18(16)25-19(20)13(23)10-15(26-8-7-22)17(20)12(21)9-11/h3-4,12,15,17,19,22H,5-10H2,1-2H3/t12?,15-,17?,19-,20?/m0/s1. The van der Waals surface area contributed by atoms with Crippen molar-refractivity contribution in [2.75, 3.05) is 33.1 Å². The Morgan fingerprint density at radius 2 is 2.27 bits per heavy atom. The van der Waals surface area contributed by atoms with Crippen molar-refractivity contribution in [3.63, 3.8) is 0 Å². The molecule has 26 heavy (non-hydrogen) atoms. The van der Waals surface area contributed by atoms with Gasteiger partial charge in [0.05, 0.1) is 19.1 Å². The predicted octanol–water partition coefficient (Wildman–Crippen LogP) is 1.64. The smallest absolute Gasteiger partial charge is 0.175 e. The molecule has 1 saturated heterocycles. The highest BCUT2D eigenvalue weighted by Crippen LogP contribution is 2.64. The molecule has 1 aromatic rings. The lowest BCUT2D eigenvalue weighted by Gasteiger charge is -2.59. The van der Waals surface area contributed by atoms with Crippen LogP contribution < -0.4 is 9.47 Å². The highest BCUT2D eigenvalue weighted by atomic mass is 32.2. The number of aliphatic hydroxyl groups is 1. The number of rotatable bonds is 4. The van der Waals surface area contributed by atoms with Gasteiger partial charge in [0, 0.05) is 34.9 Å². The third-order valence-corrected chi connectivity index (χ3v) is 8.30. The van der Waals surface area contributed by atoms with E-state index in [9.17, 15) is 9.90 Å². The summed E-state index contributed by atoms with van der Waals surface area (Å²) >= 11 is 1.77. The maximum Gasteiger partial charge on any atom is 0.175 e. The minimum absolute atomic E-state index is 0.158. The molecule has 2 heterocycles. The topological polar surface area (TPSA) is 59.0 Å². The molecule has 5 nitrogen and oxygen atoms in total. The summed E-state index contributed by atoms with van der Waals surface area (Å²) in [5, 5.41) is 9.59. The van der Waals surface area contributed by atoms with E-state index < -0.39 is 0 Å². The average Bonchev–Trinajstić information content (AvgIpc) is 2.99. The molecule has 0 amide bonds. The number of ether oxygens (including phenoxy) is 2. The van der Waals surface area contributed by atoms with Gasteiger partial charge in [0.15, 0.2) is 23.4 Å². The summed E-state index contributed by atoms with van der Waals surface area (Å²) in [5.41, 5.74) is 2.34. The molecule has 0 aromatic heterocycles. The van der Waals surface area contributed by atoms with Gasteiger partial charge in [-0.15, -0.1) is 0 Å². The lowest BCUT2D eigenvalue weighted by molar-refractivity contribution is -0.137. The molecule has 1 spiro atoms. The highest BCUT2D eigenvalue weighted by molar-refractivity contribution is 7.99. The molecular weight excluding hydrogens is 350 g/mol.